The molecule has 17 atom stereocenters. The van der Waals surface area contributed by atoms with E-state index in [1.807, 2.05) is 6.08 Å². The number of carbonyl (C=O) groups is 1. The Bertz CT molecular complexity index is 2120. The SMILES string of the molecule is CC/C=C\C/C=C\C/C=C\C/C=C\C/C=C\C/C=C\C/C=C\C/C=C\C/C=C\CCCCCCCC(=O)NC(COC1OC(CO)C(OC2OC(CO)C(OC3OC(CO)C(O)C(O)C3O)C(O)C2O)C(O)C1O)C(O)/C=C/CC/C=C/CCCCCC. The van der Waals surface area contributed by atoms with Crippen molar-refractivity contribution in [1.29, 1.82) is 0 Å². The lowest BCUT2D eigenvalue weighted by atomic mass is 9.96. The number of allylic oxidation sites excluding steroid dienone is 21. The number of rotatable bonds is 46. The number of amides is 1. The highest BCUT2D eigenvalue weighted by atomic mass is 16.8. The fourth-order valence-electron chi connectivity index (χ4n) is 9.90. The number of aliphatic hydroxyl groups is 11. The fraction of sp³-hybridized carbons (Fsp3) is 0.667. The Morgan fingerprint density at radius 3 is 1.27 bits per heavy atom. The minimum absolute atomic E-state index is 0.203. The summed E-state index contributed by atoms with van der Waals surface area (Å²) in [6, 6.07) is -1.01. The summed E-state index contributed by atoms with van der Waals surface area (Å²) < 4.78 is 34.2. The molecule has 0 radical (unpaired) electrons. The standard InChI is InChI=1S/C69H111NO18/c1-3-5-7-9-11-13-15-16-17-18-19-20-21-22-23-24-25-26-27-28-29-30-31-32-33-34-35-36-37-39-41-43-45-47-57(75)70-52(53(74)46-44-42-40-38-14-12-10-8-6-4-2)51-83-67-63(81)60(78)65(55(49-72)85-67)88-69-64(82)61(79)66(56(50-73)86-69)87-68-62(80)59(77)58(76)54(48-71)84-68/h5,7,11,13-14,16-17,19-20,22-23,25-26,28-29,31-32,34-35,38,44,46,52-56,58-69,71-74,76-82H,3-4,6,8-10,12,15,18,21,24,27,30,33,36-37,39-43,45,47-51H2,1-2H3,(H,70,75)/b7-5-,13-11-,17-16-,20-19-,23-22-,26-25-,29-28-,32-31-,35-34-,38-14+,46-44+. The number of carbonyl (C=O) groups excluding carboxylic acids is 1. The van der Waals surface area contributed by atoms with E-state index in [0.717, 1.165) is 109 Å². The van der Waals surface area contributed by atoms with Crippen molar-refractivity contribution >= 4 is 5.91 Å². The highest BCUT2D eigenvalue weighted by Gasteiger charge is 2.53. The van der Waals surface area contributed by atoms with Crippen molar-refractivity contribution in [2.45, 2.75) is 266 Å². The van der Waals surface area contributed by atoms with Crippen LogP contribution in [0.15, 0.2) is 134 Å². The molecule has 3 aliphatic heterocycles. The van der Waals surface area contributed by atoms with Crippen molar-refractivity contribution in [1.82, 2.24) is 5.32 Å². The molecule has 19 heteroatoms. The molecule has 500 valence electrons. The minimum Gasteiger partial charge on any atom is -0.394 e. The average molecular weight is 1240 g/mol. The highest BCUT2D eigenvalue weighted by molar-refractivity contribution is 5.76. The van der Waals surface area contributed by atoms with Gasteiger partial charge in [-0.05, 0) is 103 Å². The summed E-state index contributed by atoms with van der Waals surface area (Å²) in [6.45, 7) is 1.49. The second-order valence-corrected chi connectivity index (χ2v) is 22.5. The molecule has 12 N–H and O–H groups in total. The number of hydrogen-bond donors (Lipinski definition) is 12. The number of unbranched alkanes of at least 4 members (excludes halogenated alkanes) is 10. The average Bonchev–Trinajstić information content (AvgIpc) is 1.83. The first-order chi connectivity index (χ1) is 42.8. The molecule has 3 saturated heterocycles. The Balaban J connectivity index is 1.40. The molecule has 1 amide bonds. The molecule has 19 nitrogen and oxygen atoms in total. The molecule has 0 aromatic rings. The van der Waals surface area contributed by atoms with Crippen molar-refractivity contribution in [3.8, 4) is 0 Å². The zero-order chi connectivity index (χ0) is 64.0. The van der Waals surface area contributed by atoms with Crippen LogP contribution >= 0.6 is 0 Å². The Morgan fingerprint density at radius 1 is 0.420 bits per heavy atom. The lowest BCUT2D eigenvalue weighted by Gasteiger charge is -2.48. The predicted octanol–water partition coefficient (Wildman–Crippen LogP) is 7.43. The maximum Gasteiger partial charge on any atom is 0.220 e. The van der Waals surface area contributed by atoms with Gasteiger partial charge in [0.15, 0.2) is 18.9 Å². The summed E-state index contributed by atoms with van der Waals surface area (Å²) in [5, 5.41) is 120. The van der Waals surface area contributed by atoms with Crippen LogP contribution in [-0.2, 0) is 33.2 Å². The summed E-state index contributed by atoms with van der Waals surface area (Å²) in [7, 11) is 0. The fourth-order valence-corrected chi connectivity index (χ4v) is 9.90. The van der Waals surface area contributed by atoms with Crippen LogP contribution in [0.5, 0.6) is 0 Å². The first-order valence-corrected chi connectivity index (χ1v) is 32.4. The normalized spacial score (nSPS) is 29.3. The monoisotopic (exact) mass is 1240 g/mol. The van der Waals surface area contributed by atoms with Crippen LogP contribution in [-0.4, -0.2) is 193 Å². The van der Waals surface area contributed by atoms with Gasteiger partial charge >= 0.3 is 0 Å². The molecule has 3 fully saturated rings. The van der Waals surface area contributed by atoms with Crippen molar-refractivity contribution in [2.75, 3.05) is 26.4 Å². The van der Waals surface area contributed by atoms with Crippen molar-refractivity contribution in [2.24, 2.45) is 0 Å². The smallest absolute Gasteiger partial charge is 0.220 e. The third kappa shape index (κ3) is 31.8. The molecule has 3 rings (SSSR count). The maximum atomic E-state index is 13.3. The number of aliphatic hydroxyl groups excluding tert-OH is 11. The van der Waals surface area contributed by atoms with Gasteiger partial charge in [0.2, 0.25) is 5.91 Å². The maximum absolute atomic E-state index is 13.3. The molecular weight excluding hydrogens is 1130 g/mol. The van der Waals surface area contributed by atoms with Gasteiger partial charge in [0.1, 0.15) is 73.2 Å². The van der Waals surface area contributed by atoms with Crippen LogP contribution in [0.4, 0.5) is 0 Å². The van der Waals surface area contributed by atoms with E-state index in [9.17, 15) is 61.0 Å². The third-order valence-electron chi connectivity index (χ3n) is 15.2. The Morgan fingerprint density at radius 2 is 0.795 bits per heavy atom. The van der Waals surface area contributed by atoms with Gasteiger partial charge in [0.05, 0.1) is 38.6 Å². The van der Waals surface area contributed by atoms with E-state index in [4.69, 9.17) is 28.4 Å². The molecular formula is C69H111NO18. The molecule has 0 saturated carbocycles. The molecule has 3 heterocycles. The van der Waals surface area contributed by atoms with Gasteiger partial charge in [-0.15, -0.1) is 0 Å². The number of hydrogen-bond acceptors (Lipinski definition) is 18. The predicted molar refractivity (Wildman–Crippen MR) is 341 cm³/mol. The quantitative estimate of drug-likeness (QED) is 0.0208. The summed E-state index contributed by atoms with van der Waals surface area (Å²) in [4.78, 5) is 13.3. The van der Waals surface area contributed by atoms with E-state index in [-0.39, 0.29) is 18.9 Å². The summed E-state index contributed by atoms with van der Waals surface area (Å²) in [5.41, 5.74) is 0. The highest BCUT2D eigenvalue weighted by Crippen LogP contribution is 2.33. The van der Waals surface area contributed by atoms with Gasteiger partial charge < -0.3 is 89.9 Å². The van der Waals surface area contributed by atoms with Crippen molar-refractivity contribution < 1.29 is 89.4 Å². The van der Waals surface area contributed by atoms with Crippen LogP contribution in [0.3, 0.4) is 0 Å². The topological polar surface area (TPSA) is 307 Å². The van der Waals surface area contributed by atoms with E-state index in [1.54, 1.807) is 6.08 Å². The van der Waals surface area contributed by atoms with Gasteiger partial charge in [-0.2, -0.15) is 0 Å². The van der Waals surface area contributed by atoms with Crippen LogP contribution in [0, 0.1) is 0 Å². The third-order valence-corrected chi connectivity index (χ3v) is 15.2. The van der Waals surface area contributed by atoms with E-state index >= 15 is 0 Å². The first-order valence-electron chi connectivity index (χ1n) is 32.4. The molecule has 0 aliphatic carbocycles. The van der Waals surface area contributed by atoms with Crippen LogP contribution in [0.25, 0.3) is 0 Å². The minimum atomic E-state index is -1.99. The van der Waals surface area contributed by atoms with Gasteiger partial charge in [-0.3, -0.25) is 4.79 Å². The van der Waals surface area contributed by atoms with E-state index in [0.29, 0.717) is 12.8 Å². The van der Waals surface area contributed by atoms with Crippen molar-refractivity contribution in [3.63, 3.8) is 0 Å². The summed E-state index contributed by atoms with van der Waals surface area (Å²) in [6.07, 6.45) is 41.7. The molecule has 3 aliphatic rings. The molecule has 17 unspecified atom stereocenters. The number of ether oxygens (including phenoxy) is 6. The zero-order valence-electron chi connectivity index (χ0n) is 52.4. The Kier molecular flexibility index (Phi) is 44.1. The summed E-state index contributed by atoms with van der Waals surface area (Å²) >= 11 is 0. The van der Waals surface area contributed by atoms with Gasteiger partial charge in [0.25, 0.3) is 0 Å². The molecule has 0 aromatic heterocycles. The molecule has 0 aromatic carbocycles. The lowest BCUT2D eigenvalue weighted by molar-refractivity contribution is -0.379. The number of nitrogens with one attached hydrogen (secondary N) is 1. The van der Waals surface area contributed by atoms with Crippen LogP contribution in [0.1, 0.15) is 162 Å². The van der Waals surface area contributed by atoms with Crippen molar-refractivity contribution in [3.05, 3.63) is 134 Å². The second-order valence-electron chi connectivity index (χ2n) is 22.5. The van der Waals surface area contributed by atoms with E-state index < -0.39 is 124 Å². The molecule has 0 spiro atoms. The Hall–Kier alpha value is -4.07. The van der Waals surface area contributed by atoms with Crippen LogP contribution in [0.2, 0.25) is 0 Å². The summed E-state index contributed by atoms with van der Waals surface area (Å²) in [5.74, 6) is -0.314. The van der Waals surface area contributed by atoms with E-state index in [2.05, 4.69) is 141 Å². The first kappa shape index (κ1) is 78.2. The Labute approximate surface area is 524 Å². The van der Waals surface area contributed by atoms with Gasteiger partial charge in [-0.1, -0.05) is 186 Å². The van der Waals surface area contributed by atoms with E-state index in [1.165, 1.54) is 19.3 Å². The molecule has 0 bridgehead atoms. The van der Waals surface area contributed by atoms with Gasteiger partial charge in [-0.25, -0.2) is 0 Å². The molecule has 88 heavy (non-hydrogen) atoms. The van der Waals surface area contributed by atoms with Gasteiger partial charge in [0, 0.05) is 6.42 Å². The zero-order valence-corrected chi connectivity index (χ0v) is 52.4. The second kappa shape index (κ2) is 49.6. The largest absolute Gasteiger partial charge is 0.394 e. The van der Waals surface area contributed by atoms with Crippen LogP contribution < -0.4 is 5.32 Å². The lowest BCUT2D eigenvalue weighted by Crippen LogP contribution is -2.66.